The summed E-state index contributed by atoms with van der Waals surface area (Å²) in [6.45, 7) is 6.74. The third-order valence-corrected chi connectivity index (χ3v) is 4.11. The second kappa shape index (κ2) is 5.89. The van der Waals surface area contributed by atoms with Gasteiger partial charge in [-0.25, -0.2) is 4.98 Å². The second-order valence-electron chi connectivity index (χ2n) is 5.50. The van der Waals surface area contributed by atoms with Crippen LogP contribution >= 0.6 is 23.6 Å². The number of para-hydroxylation sites is 1. The molecule has 0 aliphatic rings. The Balaban J connectivity index is 2.19. The van der Waals surface area contributed by atoms with Gasteiger partial charge < -0.3 is 10.5 Å². The van der Waals surface area contributed by atoms with E-state index in [-0.39, 0.29) is 5.41 Å². The van der Waals surface area contributed by atoms with Crippen LogP contribution in [0.4, 0.5) is 0 Å². The van der Waals surface area contributed by atoms with Crippen molar-refractivity contribution >= 4 is 28.5 Å². The molecule has 2 aromatic rings. The maximum Gasteiger partial charge on any atom is 0.140 e. The first-order valence-electron chi connectivity index (χ1n) is 6.36. The summed E-state index contributed by atoms with van der Waals surface area (Å²) < 4.78 is 5.72. The third kappa shape index (κ3) is 3.55. The number of benzene rings is 1. The number of nitrogens with zero attached hydrogens (tertiary/aromatic N) is 1. The summed E-state index contributed by atoms with van der Waals surface area (Å²) in [5, 5.41) is 0.890. The first-order chi connectivity index (χ1) is 9.38. The van der Waals surface area contributed by atoms with E-state index < -0.39 is 0 Å². The van der Waals surface area contributed by atoms with Crippen molar-refractivity contribution in [2.45, 2.75) is 32.8 Å². The van der Waals surface area contributed by atoms with Crippen LogP contribution in [-0.2, 0) is 12.0 Å². The molecule has 0 bridgehead atoms. The average Bonchev–Trinajstić information content (AvgIpc) is 2.82. The molecule has 2 N–H and O–H groups in total. The predicted molar refractivity (Wildman–Crippen MR) is 87.5 cm³/mol. The monoisotopic (exact) mass is 306 g/mol. The molecule has 0 saturated heterocycles. The van der Waals surface area contributed by atoms with Gasteiger partial charge in [0.25, 0.3) is 0 Å². The van der Waals surface area contributed by atoms with Crippen molar-refractivity contribution in [1.29, 1.82) is 0 Å². The van der Waals surface area contributed by atoms with Gasteiger partial charge in [0.2, 0.25) is 0 Å². The number of nitrogens with two attached hydrogens (primary N) is 1. The summed E-state index contributed by atoms with van der Waals surface area (Å²) in [4.78, 5) is 5.93. The summed E-state index contributed by atoms with van der Waals surface area (Å²) in [6, 6.07) is 9.69. The minimum Gasteiger partial charge on any atom is -0.486 e. The molecule has 106 valence electrons. The maximum atomic E-state index is 5.79. The fourth-order valence-electron chi connectivity index (χ4n) is 1.76. The molecule has 0 saturated carbocycles. The van der Waals surface area contributed by atoms with Gasteiger partial charge in [-0.15, -0.1) is 11.3 Å². The van der Waals surface area contributed by atoms with Crippen LogP contribution in [0.3, 0.4) is 0 Å². The third-order valence-electron chi connectivity index (χ3n) is 2.71. The Morgan fingerprint density at radius 3 is 2.45 bits per heavy atom. The van der Waals surface area contributed by atoms with E-state index in [0.717, 1.165) is 21.3 Å². The van der Waals surface area contributed by atoms with Gasteiger partial charge in [-0.3, -0.25) is 0 Å². The van der Waals surface area contributed by atoms with Crippen LogP contribution in [0.15, 0.2) is 30.3 Å². The van der Waals surface area contributed by atoms with Crippen LogP contribution < -0.4 is 10.5 Å². The minimum atomic E-state index is -0.0831. The number of thiocarbonyl (C=S) groups is 1. The van der Waals surface area contributed by atoms with E-state index in [1.54, 1.807) is 0 Å². The van der Waals surface area contributed by atoms with Gasteiger partial charge in [-0.05, 0) is 12.1 Å². The van der Waals surface area contributed by atoms with Gasteiger partial charge in [0.05, 0.1) is 10.6 Å². The summed E-state index contributed by atoms with van der Waals surface area (Å²) in [5.41, 5.74) is 6.66. The van der Waals surface area contributed by atoms with E-state index in [2.05, 4.69) is 25.8 Å². The number of aromatic nitrogens is 1. The predicted octanol–water partition coefficient (Wildman–Crippen LogP) is 3.65. The molecule has 1 aromatic carbocycles. The SMILES string of the molecule is CC(C)(C)c1nc(COc2ccccc2)sc1C(N)=S. The summed E-state index contributed by atoms with van der Waals surface area (Å²) >= 11 is 6.63. The molecule has 0 radical (unpaired) electrons. The molecule has 0 aliphatic heterocycles. The van der Waals surface area contributed by atoms with Crippen molar-refractivity contribution < 1.29 is 4.74 Å². The molecular formula is C15H18N2OS2. The lowest BCUT2D eigenvalue weighted by Crippen LogP contribution is -2.19. The largest absolute Gasteiger partial charge is 0.486 e. The van der Waals surface area contributed by atoms with E-state index in [0.29, 0.717) is 11.6 Å². The first kappa shape index (κ1) is 14.9. The smallest absolute Gasteiger partial charge is 0.140 e. The van der Waals surface area contributed by atoms with Crippen molar-refractivity contribution in [1.82, 2.24) is 4.98 Å². The molecule has 0 unspecified atom stereocenters. The Bertz CT molecular complexity index is 600. The minimum absolute atomic E-state index is 0.0831. The summed E-state index contributed by atoms with van der Waals surface area (Å²) in [6.07, 6.45) is 0. The van der Waals surface area contributed by atoms with E-state index >= 15 is 0 Å². The molecule has 1 heterocycles. The Labute approximate surface area is 128 Å². The zero-order chi connectivity index (χ0) is 14.8. The molecule has 1 aromatic heterocycles. The van der Waals surface area contributed by atoms with E-state index in [1.165, 1.54) is 11.3 Å². The lowest BCUT2D eigenvalue weighted by atomic mass is 9.91. The Kier molecular flexibility index (Phi) is 4.40. The van der Waals surface area contributed by atoms with E-state index in [1.807, 2.05) is 30.3 Å². The highest BCUT2D eigenvalue weighted by molar-refractivity contribution is 7.81. The van der Waals surface area contributed by atoms with Crippen LogP contribution in [0.5, 0.6) is 5.75 Å². The maximum absolute atomic E-state index is 5.79. The van der Waals surface area contributed by atoms with Crippen LogP contribution in [0, 0.1) is 0 Å². The van der Waals surface area contributed by atoms with Gasteiger partial charge in [0.15, 0.2) is 0 Å². The standard InChI is InChI=1S/C15H18N2OS2/c1-15(2,3)13-12(14(16)19)20-11(17-13)9-18-10-7-5-4-6-8-10/h4-8H,9H2,1-3H3,(H2,16,19). The fraction of sp³-hybridized carbons (Fsp3) is 0.333. The van der Waals surface area contributed by atoms with Crippen LogP contribution in [0.25, 0.3) is 0 Å². The van der Waals surface area contributed by atoms with Gasteiger partial charge >= 0.3 is 0 Å². The van der Waals surface area contributed by atoms with Crippen LogP contribution in [0.2, 0.25) is 0 Å². The molecule has 0 spiro atoms. The lowest BCUT2D eigenvalue weighted by molar-refractivity contribution is 0.305. The van der Waals surface area contributed by atoms with Gasteiger partial charge in [-0.1, -0.05) is 51.2 Å². The van der Waals surface area contributed by atoms with Crippen LogP contribution in [0.1, 0.15) is 36.3 Å². The average molecular weight is 306 g/mol. The van der Waals surface area contributed by atoms with Gasteiger partial charge in [0, 0.05) is 5.41 Å². The molecule has 0 fully saturated rings. The molecule has 0 aliphatic carbocycles. The number of thiazole rings is 1. The van der Waals surface area contributed by atoms with Crippen molar-refractivity contribution in [3.63, 3.8) is 0 Å². The normalized spacial score (nSPS) is 11.3. The van der Waals surface area contributed by atoms with Crippen molar-refractivity contribution in [2.24, 2.45) is 5.73 Å². The first-order valence-corrected chi connectivity index (χ1v) is 7.58. The van der Waals surface area contributed by atoms with Crippen molar-refractivity contribution in [3.8, 4) is 5.75 Å². The highest BCUT2D eigenvalue weighted by Gasteiger charge is 2.24. The Morgan fingerprint density at radius 1 is 1.30 bits per heavy atom. The fourth-order valence-corrected chi connectivity index (χ4v) is 3.02. The molecule has 2 rings (SSSR count). The molecule has 20 heavy (non-hydrogen) atoms. The quantitative estimate of drug-likeness (QED) is 0.876. The zero-order valence-corrected chi connectivity index (χ0v) is 13.5. The lowest BCUT2D eigenvalue weighted by Gasteiger charge is -2.16. The number of rotatable bonds is 4. The molecule has 5 heteroatoms. The topological polar surface area (TPSA) is 48.1 Å². The second-order valence-corrected chi connectivity index (χ2v) is 7.02. The number of ether oxygens (including phenoxy) is 1. The molecular weight excluding hydrogens is 288 g/mol. The number of hydrogen-bond acceptors (Lipinski definition) is 4. The van der Waals surface area contributed by atoms with Crippen molar-refractivity contribution in [2.75, 3.05) is 0 Å². The zero-order valence-electron chi connectivity index (χ0n) is 11.8. The summed E-state index contributed by atoms with van der Waals surface area (Å²) in [5.74, 6) is 0.830. The van der Waals surface area contributed by atoms with E-state index in [9.17, 15) is 0 Å². The Hall–Kier alpha value is -1.46. The summed E-state index contributed by atoms with van der Waals surface area (Å²) in [7, 11) is 0. The van der Waals surface area contributed by atoms with E-state index in [4.69, 9.17) is 22.7 Å². The van der Waals surface area contributed by atoms with Crippen LogP contribution in [-0.4, -0.2) is 9.97 Å². The molecule has 3 nitrogen and oxygen atoms in total. The van der Waals surface area contributed by atoms with Gasteiger partial charge in [0.1, 0.15) is 22.4 Å². The van der Waals surface area contributed by atoms with Gasteiger partial charge in [-0.2, -0.15) is 0 Å². The highest BCUT2D eigenvalue weighted by atomic mass is 32.1. The molecule has 0 atom stereocenters. The Morgan fingerprint density at radius 2 is 1.95 bits per heavy atom. The van der Waals surface area contributed by atoms with Crippen molar-refractivity contribution in [3.05, 3.63) is 45.9 Å². The molecule has 0 amide bonds. The highest BCUT2D eigenvalue weighted by Crippen LogP contribution is 2.30. The number of hydrogen-bond donors (Lipinski definition) is 1.